The molecule has 2 heterocycles. The lowest BCUT2D eigenvalue weighted by Crippen LogP contribution is -2.34. The second-order valence-corrected chi connectivity index (χ2v) is 9.13. The molecule has 1 aliphatic carbocycles. The third-order valence-corrected chi connectivity index (χ3v) is 7.10. The molecule has 1 amide bonds. The number of hydrogen-bond donors (Lipinski definition) is 1. The Morgan fingerprint density at radius 3 is 2.90 bits per heavy atom. The number of carbonyl (C=O) groups is 1. The summed E-state index contributed by atoms with van der Waals surface area (Å²) in [6, 6.07) is 5.88. The van der Waals surface area contributed by atoms with E-state index in [-0.39, 0.29) is 23.5 Å². The first-order valence-corrected chi connectivity index (χ1v) is 11.7. The molecule has 6 nitrogen and oxygen atoms in total. The molecule has 1 aromatic carbocycles. The van der Waals surface area contributed by atoms with Gasteiger partial charge in [0.25, 0.3) is 0 Å². The van der Waals surface area contributed by atoms with E-state index in [0.29, 0.717) is 6.54 Å². The van der Waals surface area contributed by atoms with E-state index in [2.05, 4.69) is 10.3 Å². The summed E-state index contributed by atoms with van der Waals surface area (Å²) in [6.45, 7) is 5.40. The van der Waals surface area contributed by atoms with Gasteiger partial charge in [0.1, 0.15) is 5.03 Å². The van der Waals surface area contributed by atoms with Gasteiger partial charge in [0.15, 0.2) is 0 Å². The third kappa shape index (κ3) is 4.62. The smallest absolute Gasteiger partial charge is 0.348 e. The van der Waals surface area contributed by atoms with E-state index < -0.39 is 0 Å². The summed E-state index contributed by atoms with van der Waals surface area (Å²) in [4.78, 5) is 29.7. The molecule has 1 aliphatic heterocycles. The van der Waals surface area contributed by atoms with Crippen molar-refractivity contribution in [2.75, 3.05) is 17.7 Å². The second-order valence-electron chi connectivity index (χ2n) is 8.16. The van der Waals surface area contributed by atoms with Crippen LogP contribution in [0.15, 0.2) is 28.0 Å². The van der Waals surface area contributed by atoms with Crippen LogP contribution in [0.5, 0.6) is 0 Å². The first kappa shape index (κ1) is 21.1. The average molecular weight is 428 g/mol. The molecule has 1 unspecified atom stereocenters. The number of amides is 1. The van der Waals surface area contributed by atoms with Crippen molar-refractivity contribution in [2.24, 2.45) is 0 Å². The molecule has 1 aromatic heterocycles. The van der Waals surface area contributed by atoms with E-state index in [4.69, 9.17) is 4.74 Å². The van der Waals surface area contributed by atoms with Crippen molar-refractivity contribution >= 4 is 23.4 Å². The molecule has 0 bridgehead atoms. The molecule has 1 fully saturated rings. The molecule has 1 saturated heterocycles. The van der Waals surface area contributed by atoms with Crippen molar-refractivity contribution in [3.05, 3.63) is 51.1 Å². The van der Waals surface area contributed by atoms with Crippen molar-refractivity contribution in [1.82, 2.24) is 9.55 Å². The van der Waals surface area contributed by atoms with E-state index in [1.807, 2.05) is 36.6 Å². The Morgan fingerprint density at radius 1 is 1.27 bits per heavy atom. The molecule has 0 spiro atoms. The highest BCUT2D eigenvalue weighted by Crippen LogP contribution is 2.29. The van der Waals surface area contributed by atoms with E-state index in [1.165, 1.54) is 11.8 Å². The van der Waals surface area contributed by atoms with Crippen molar-refractivity contribution in [2.45, 2.75) is 70.0 Å². The van der Waals surface area contributed by atoms with Gasteiger partial charge >= 0.3 is 5.69 Å². The predicted octanol–water partition coefficient (Wildman–Crippen LogP) is 3.65. The fraction of sp³-hybridized carbons (Fsp3) is 0.522. The fourth-order valence-electron chi connectivity index (χ4n) is 4.25. The standard InChI is InChI=1S/C23H29N3O3S/c1-15-7-5-10-19(16(15)2)24-21(27)14-30-22-18-9-3-4-11-20(18)26(23(28)25-22)13-17-8-6-12-29-17/h5,7,10,17H,3-4,6,8-9,11-14H2,1-2H3,(H,24,27). The van der Waals surface area contributed by atoms with Gasteiger partial charge in [-0.1, -0.05) is 23.9 Å². The van der Waals surface area contributed by atoms with Gasteiger partial charge < -0.3 is 10.1 Å². The largest absolute Gasteiger partial charge is 0.376 e. The lowest BCUT2D eigenvalue weighted by Gasteiger charge is -2.24. The average Bonchev–Trinajstić information content (AvgIpc) is 3.25. The monoisotopic (exact) mass is 427 g/mol. The zero-order valence-electron chi connectivity index (χ0n) is 17.7. The first-order chi connectivity index (χ1) is 14.5. The number of benzene rings is 1. The first-order valence-electron chi connectivity index (χ1n) is 10.8. The van der Waals surface area contributed by atoms with Crippen LogP contribution in [0.25, 0.3) is 0 Å². The van der Waals surface area contributed by atoms with Gasteiger partial charge in [0.05, 0.1) is 18.4 Å². The van der Waals surface area contributed by atoms with Crippen LogP contribution >= 0.6 is 11.8 Å². The van der Waals surface area contributed by atoms with E-state index in [9.17, 15) is 9.59 Å². The number of aryl methyl sites for hydroxylation is 1. The van der Waals surface area contributed by atoms with Gasteiger partial charge in [0, 0.05) is 23.6 Å². The molecule has 2 aromatic rings. The number of hydrogen-bond acceptors (Lipinski definition) is 5. The maximum atomic E-state index is 12.8. The minimum Gasteiger partial charge on any atom is -0.376 e. The summed E-state index contributed by atoms with van der Waals surface area (Å²) < 4.78 is 7.57. The minimum atomic E-state index is -0.219. The van der Waals surface area contributed by atoms with Crippen LogP contribution in [0, 0.1) is 13.8 Å². The van der Waals surface area contributed by atoms with Gasteiger partial charge in [-0.15, -0.1) is 0 Å². The lowest BCUT2D eigenvalue weighted by atomic mass is 9.97. The Morgan fingerprint density at radius 2 is 2.10 bits per heavy atom. The van der Waals surface area contributed by atoms with Crippen molar-refractivity contribution in [3.8, 4) is 0 Å². The molecule has 160 valence electrons. The molecule has 1 N–H and O–H groups in total. The fourth-order valence-corrected chi connectivity index (χ4v) is 5.13. The molecular formula is C23H29N3O3S. The van der Waals surface area contributed by atoms with Crippen LogP contribution < -0.4 is 11.0 Å². The Balaban J connectivity index is 1.50. The lowest BCUT2D eigenvalue weighted by molar-refractivity contribution is -0.113. The van der Waals surface area contributed by atoms with Crippen LogP contribution in [0.1, 0.15) is 48.1 Å². The molecule has 2 aliphatic rings. The van der Waals surface area contributed by atoms with Gasteiger partial charge in [-0.05, 0) is 69.6 Å². The van der Waals surface area contributed by atoms with Crippen molar-refractivity contribution in [3.63, 3.8) is 0 Å². The van der Waals surface area contributed by atoms with Gasteiger partial charge in [-0.25, -0.2) is 4.79 Å². The molecule has 30 heavy (non-hydrogen) atoms. The SMILES string of the molecule is Cc1cccc(NC(=O)CSc2nc(=O)n(CC3CCCO3)c3c2CCCC3)c1C. The van der Waals surface area contributed by atoms with Gasteiger partial charge in [-0.3, -0.25) is 9.36 Å². The number of nitrogens with one attached hydrogen (secondary N) is 1. The van der Waals surface area contributed by atoms with Crippen LogP contribution in [0.3, 0.4) is 0 Å². The van der Waals surface area contributed by atoms with Crippen LogP contribution in [-0.4, -0.2) is 33.9 Å². The van der Waals surface area contributed by atoms with Crippen molar-refractivity contribution in [1.29, 1.82) is 0 Å². The summed E-state index contributed by atoms with van der Waals surface area (Å²) in [5.41, 5.74) is 5.07. The minimum absolute atomic E-state index is 0.0800. The Bertz CT molecular complexity index is 996. The van der Waals surface area contributed by atoms with Crippen LogP contribution in [0.2, 0.25) is 0 Å². The van der Waals surface area contributed by atoms with E-state index in [1.54, 1.807) is 0 Å². The molecule has 4 rings (SSSR count). The molecule has 0 radical (unpaired) electrons. The normalized spacial score (nSPS) is 18.3. The molecule has 7 heteroatoms. The van der Waals surface area contributed by atoms with Crippen LogP contribution in [0.4, 0.5) is 5.69 Å². The number of thioether (sulfide) groups is 1. The van der Waals surface area contributed by atoms with E-state index in [0.717, 1.165) is 78.2 Å². The summed E-state index contributed by atoms with van der Waals surface area (Å²) >= 11 is 1.37. The highest BCUT2D eigenvalue weighted by Gasteiger charge is 2.24. The number of carbonyl (C=O) groups excluding carboxylic acids is 1. The Kier molecular flexibility index (Phi) is 6.58. The Hall–Kier alpha value is -2.12. The predicted molar refractivity (Wildman–Crippen MR) is 119 cm³/mol. The molecular weight excluding hydrogens is 398 g/mol. The topological polar surface area (TPSA) is 73.2 Å². The second kappa shape index (κ2) is 9.35. The quantitative estimate of drug-likeness (QED) is 0.563. The summed E-state index contributed by atoms with van der Waals surface area (Å²) in [6.07, 6.45) is 6.14. The van der Waals surface area contributed by atoms with Gasteiger partial charge in [0.2, 0.25) is 5.91 Å². The number of nitrogens with zero attached hydrogens (tertiary/aromatic N) is 2. The van der Waals surface area contributed by atoms with E-state index >= 15 is 0 Å². The zero-order valence-corrected chi connectivity index (χ0v) is 18.5. The Labute approximate surface area is 181 Å². The third-order valence-electron chi connectivity index (χ3n) is 6.08. The summed E-state index contributed by atoms with van der Waals surface area (Å²) in [5.74, 6) is 0.158. The summed E-state index contributed by atoms with van der Waals surface area (Å²) in [7, 11) is 0. The number of anilines is 1. The van der Waals surface area contributed by atoms with Crippen molar-refractivity contribution < 1.29 is 9.53 Å². The summed E-state index contributed by atoms with van der Waals surface area (Å²) in [5, 5.41) is 3.71. The maximum absolute atomic E-state index is 12.8. The number of rotatable bonds is 6. The maximum Gasteiger partial charge on any atom is 0.348 e. The molecule has 0 saturated carbocycles. The zero-order chi connectivity index (χ0) is 21.1. The highest BCUT2D eigenvalue weighted by molar-refractivity contribution is 8.00. The number of fused-ring (bicyclic) bond motifs is 1. The van der Waals surface area contributed by atoms with Crippen LogP contribution in [-0.2, 0) is 28.9 Å². The van der Waals surface area contributed by atoms with Gasteiger partial charge in [-0.2, -0.15) is 4.98 Å². The molecule has 1 atom stereocenters. The highest BCUT2D eigenvalue weighted by atomic mass is 32.2. The number of ether oxygens (including phenoxy) is 1. The number of aromatic nitrogens is 2.